The molecule has 0 spiro atoms. The number of nitrogens with zero attached hydrogens (tertiary/aromatic N) is 2. The van der Waals surface area contributed by atoms with Crippen molar-refractivity contribution in [3.05, 3.63) is 106 Å². The minimum atomic E-state index is -0.183. The van der Waals surface area contributed by atoms with E-state index in [4.69, 9.17) is 9.94 Å². The van der Waals surface area contributed by atoms with Crippen LogP contribution in [0.2, 0.25) is 0 Å². The van der Waals surface area contributed by atoms with Gasteiger partial charge in [-0.15, -0.1) is 0 Å². The molecule has 0 bridgehead atoms. The smallest absolute Gasteiger partial charge is 0.274 e. The first kappa shape index (κ1) is 29.4. The van der Waals surface area contributed by atoms with Gasteiger partial charge < -0.3 is 24.7 Å². The van der Waals surface area contributed by atoms with Crippen LogP contribution in [0.3, 0.4) is 0 Å². The zero-order valence-corrected chi connectivity index (χ0v) is 24.5. The summed E-state index contributed by atoms with van der Waals surface area (Å²) >= 11 is 0. The second kappa shape index (κ2) is 12.3. The number of aliphatic hydroxyl groups excluding tert-OH is 1. The van der Waals surface area contributed by atoms with E-state index >= 15 is 0 Å². The molecule has 0 fully saturated rings. The number of aliphatic hydroxyl groups is 1. The van der Waals surface area contributed by atoms with E-state index in [-0.39, 0.29) is 30.0 Å². The van der Waals surface area contributed by atoms with Gasteiger partial charge in [0.1, 0.15) is 5.69 Å². The predicted molar refractivity (Wildman–Crippen MR) is 165 cm³/mol. The van der Waals surface area contributed by atoms with E-state index in [1.807, 2.05) is 43.3 Å². The molecule has 4 rings (SSSR count). The Bertz CT molecular complexity index is 1570. The molecule has 0 aliphatic heterocycles. The third kappa shape index (κ3) is 6.96. The van der Waals surface area contributed by atoms with E-state index < -0.39 is 0 Å². The maximum absolute atomic E-state index is 13.0. The Morgan fingerprint density at radius 3 is 2.29 bits per heavy atom. The number of aromatic nitrogens is 1. The van der Waals surface area contributed by atoms with Gasteiger partial charge in [0.05, 0.1) is 12.3 Å². The van der Waals surface area contributed by atoms with E-state index in [1.165, 1.54) is 10.5 Å². The lowest BCUT2D eigenvalue weighted by Gasteiger charge is -2.19. The molecule has 41 heavy (non-hydrogen) atoms. The number of hydrogen-bond donors (Lipinski definition) is 3. The van der Waals surface area contributed by atoms with Gasteiger partial charge >= 0.3 is 0 Å². The van der Waals surface area contributed by atoms with Gasteiger partial charge in [-0.05, 0) is 72.0 Å². The number of aryl methyl sites for hydroxylation is 1. The molecule has 4 aromatic rings. The molecule has 0 aliphatic carbocycles. The second-order valence-corrected chi connectivity index (χ2v) is 11.2. The van der Waals surface area contributed by atoms with Gasteiger partial charge in [0, 0.05) is 49.2 Å². The third-order valence-electron chi connectivity index (χ3n) is 7.00. The van der Waals surface area contributed by atoms with Crippen molar-refractivity contribution >= 4 is 23.0 Å². The number of carbonyl (C=O) groups excluding carboxylic acids is 1. The SMILES string of the molecule is Cc1c(ONc2ccc(C(C)(C)C)cc2)cccc1-c1cc(Nc2ccc(C(=O)N(C)CCO)cc2)c(=O)n(C)c1. The molecule has 1 heterocycles. The number of hydrogen-bond acceptors (Lipinski definition) is 6. The molecule has 3 N–H and O–H groups in total. The van der Waals surface area contributed by atoms with Gasteiger partial charge in [-0.25, -0.2) is 5.48 Å². The molecule has 0 saturated heterocycles. The Balaban J connectivity index is 1.54. The first-order chi connectivity index (χ1) is 19.5. The zero-order chi connectivity index (χ0) is 29.7. The van der Waals surface area contributed by atoms with Gasteiger partial charge in [-0.1, -0.05) is 45.0 Å². The first-order valence-corrected chi connectivity index (χ1v) is 13.6. The fraction of sp³-hybridized carbons (Fsp3) is 0.273. The number of rotatable bonds is 9. The van der Waals surface area contributed by atoms with Crippen molar-refractivity contribution in [3.63, 3.8) is 0 Å². The van der Waals surface area contributed by atoms with E-state index in [2.05, 4.69) is 43.7 Å². The number of pyridine rings is 1. The van der Waals surface area contributed by atoms with Crippen molar-refractivity contribution in [1.29, 1.82) is 0 Å². The summed E-state index contributed by atoms with van der Waals surface area (Å²) in [6, 6.07) is 22.7. The van der Waals surface area contributed by atoms with Gasteiger partial charge in [0.15, 0.2) is 5.75 Å². The Hall–Kier alpha value is -4.56. The largest absolute Gasteiger partial charge is 0.395 e. The Morgan fingerprint density at radius 2 is 1.66 bits per heavy atom. The van der Waals surface area contributed by atoms with Gasteiger partial charge in [0.25, 0.3) is 11.5 Å². The van der Waals surface area contributed by atoms with Gasteiger partial charge in [0.2, 0.25) is 0 Å². The van der Waals surface area contributed by atoms with Crippen molar-refractivity contribution in [2.24, 2.45) is 7.05 Å². The fourth-order valence-corrected chi connectivity index (χ4v) is 4.46. The highest BCUT2D eigenvalue weighted by atomic mass is 16.6. The van der Waals surface area contributed by atoms with E-state index in [1.54, 1.807) is 49.1 Å². The van der Waals surface area contributed by atoms with Crippen LogP contribution < -0.4 is 21.2 Å². The minimum Gasteiger partial charge on any atom is -0.395 e. The predicted octanol–water partition coefficient (Wildman–Crippen LogP) is 5.87. The lowest BCUT2D eigenvalue weighted by Crippen LogP contribution is -2.29. The number of anilines is 3. The molecule has 0 radical (unpaired) electrons. The summed E-state index contributed by atoms with van der Waals surface area (Å²) in [7, 11) is 3.36. The Kier molecular flexibility index (Phi) is 8.83. The van der Waals surface area contributed by atoms with Crippen LogP contribution in [0, 0.1) is 6.92 Å². The number of amides is 1. The molecule has 8 nitrogen and oxygen atoms in total. The molecule has 1 aromatic heterocycles. The quantitative estimate of drug-likeness (QED) is 0.224. The van der Waals surface area contributed by atoms with Crippen molar-refractivity contribution < 1.29 is 14.7 Å². The maximum Gasteiger partial charge on any atom is 0.274 e. The van der Waals surface area contributed by atoms with Crippen LogP contribution >= 0.6 is 0 Å². The van der Waals surface area contributed by atoms with Crippen LogP contribution in [0.5, 0.6) is 5.75 Å². The average Bonchev–Trinajstić information content (AvgIpc) is 2.94. The summed E-state index contributed by atoms with van der Waals surface area (Å²) in [5.41, 5.74) is 9.32. The van der Waals surface area contributed by atoms with Crippen LogP contribution in [-0.4, -0.2) is 40.7 Å². The fourth-order valence-electron chi connectivity index (χ4n) is 4.46. The van der Waals surface area contributed by atoms with Crippen LogP contribution in [0.4, 0.5) is 17.1 Å². The van der Waals surface area contributed by atoms with Crippen LogP contribution in [-0.2, 0) is 12.5 Å². The number of benzene rings is 3. The highest BCUT2D eigenvalue weighted by Crippen LogP contribution is 2.31. The molecule has 0 saturated carbocycles. The maximum atomic E-state index is 13.0. The van der Waals surface area contributed by atoms with E-state index in [0.29, 0.717) is 22.7 Å². The normalized spacial score (nSPS) is 11.2. The van der Waals surface area contributed by atoms with E-state index in [0.717, 1.165) is 22.4 Å². The van der Waals surface area contributed by atoms with Crippen molar-refractivity contribution in [2.75, 3.05) is 31.0 Å². The standard InChI is InChI=1S/C33H38N4O4/c1-22-28(8-7-9-30(22)41-35-27-16-12-25(13-17-27)33(2,3)4)24-20-29(32(40)37(6)21-24)34-26-14-10-23(11-15-26)31(39)36(5)18-19-38/h7-17,20-21,34-35,38H,18-19H2,1-6H3. The highest BCUT2D eigenvalue weighted by molar-refractivity contribution is 5.94. The summed E-state index contributed by atoms with van der Waals surface area (Å²) in [5.74, 6) is 0.495. The molecular weight excluding hydrogens is 516 g/mol. The van der Waals surface area contributed by atoms with Crippen LogP contribution in [0.15, 0.2) is 83.8 Å². The summed E-state index contributed by atoms with van der Waals surface area (Å²) in [4.78, 5) is 32.9. The molecule has 0 unspecified atom stereocenters. The molecule has 3 aromatic carbocycles. The topological polar surface area (TPSA) is 95.8 Å². The number of likely N-dealkylation sites (N-methyl/N-ethyl adjacent to an activating group) is 1. The lowest BCUT2D eigenvalue weighted by atomic mass is 9.87. The van der Waals surface area contributed by atoms with Crippen LogP contribution in [0.1, 0.15) is 42.3 Å². The van der Waals surface area contributed by atoms with Gasteiger partial charge in [-0.2, -0.15) is 0 Å². The molecule has 8 heteroatoms. The average molecular weight is 555 g/mol. The number of nitrogens with one attached hydrogen (secondary N) is 2. The minimum absolute atomic E-state index is 0.0773. The molecule has 214 valence electrons. The Labute approximate surface area is 241 Å². The molecule has 0 atom stereocenters. The molecular formula is C33H38N4O4. The monoisotopic (exact) mass is 554 g/mol. The third-order valence-corrected chi connectivity index (χ3v) is 7.00. The number of carbonyl (C=O) groups is 1. The first-order valence-electron chi connectivity index (χ1n) is 13.6. The van der Waals surface area contributed by atoms with Crippen molar-refractivity contribution in [3.8, 4) is 16.9 Å². The van der Waals surface area contributed by atoms with Crippen molar-refractivity contribution in [2.45, 2.75) is 33.1 Å². The molecule has 1 amide bonds. The summed E-state index contributed by atoms with van der Waals surface area (Å²) < 4.78 is 1.54. The summed E-state index contributed by atoms with van der Waals surface area (Å²) in [6.45, 7) is 8.68. The van der Waals surface area contributed by atoms with Crippen LogP contribution in [0.25, 0.3) is 11.1 Å². The van der Waals surface area contributed by atoms with Gasteiger partial charge in [-0.3, -0.25) is 9.59 Å². The Morgan fingerprint density at radius 1 is 1.00 bits per heavy atom. The lowest BCUT2D eigenvalue weighted by molar-refractivity contribution is 0.0767. The molecule has 0 aliphatic rings. The van der Waals surface area contributed by atoms with Crippen molar-refractivity contribution in [1.82, 2.24) is 9.47 Å². The zero-order valence-electron chi connectivity index (χ0n) is 24.5. The highest BCUT2D eigenvalue weighted by Gasteiger charge is 2.15. The second-order valence-electron chi connectivity index (χ2n) is 11.2. The van der Waals surface area contributed by atoms with E-state index in [9.17, 15) is 9.59 Å². The summed E-state index contributed by atoms with van der Waals surface area (Å²) in [6.07, 6.45) is 1.80. The summed E-state index contributed by atoms with van der Waals surface area (Å²) in [5, 5.41) is 12.3.